The highest BCUT2D eigenvalue weighted by Crippen LogP contribution is 2.38. The summed E-state index contributed by atoms with van der Waals surface area (Å²) in [5, 5.41) is 4.19. The fourth-order valence-corrected chi connectivity index (χ4v) is 3.81. The van der Waals surface area contributed by atoms with E-state index in [0.29, 0.717) is 12.4 Å². The lowest BCUT2D eigenvalue weighted by Gasteiger charge is -2.28. The summed E-state index contributed by atoms with van der Waals surface area (Å²) in [4.78, 5) is 4.45. The maximum atomic E-state index is 14.0. The molecule has 1 N–H and O–H groups in total. The molecule has 0 aromatic heterocycles. The first-order valence-electron chi connectivity index (χ1n) is 8.35. The summed E-state index contributed by atoms with van der Waals surface area (Å²) in [5.74, 6) is 1.07. The predicted octanol–water partition coefficient (Wildman–Crippen LogP) is 4.02. The van der Waals surface area contributed by atoms with E-state index < -0.39 is 6.29 Å². The largest absolute Gasteiger partial charge is 0.460 e. The number of nitrogens with zero attached hydrogens (tertiary/aromatic N) is 1. The molecule has 0 aliphatic carbocycles. The van der Waals surface area contributed by atoms with Crippen LogP contribution >= 0.6 is 11.8 Å². The van der Waals surface area contributed by atoms with E-state index in [4.69, 9.17) is 9.47 Å². The minimum absolute atomic E-state index is 0.266. The van der Waals surface area contributed by atoms with Crippen molar-refractivity contribution in [2.45, 2.75) is 25.1 Å². The normalized spacial score (nSPS) is 19.4. The molecule has 2 aromatic rings. The Morgan fingerprint density at radius 2 is 2.12 bits per heavy atom. The molecule has 1 atom stereocenters. The molecule has 0 saturated heterocycles. The zero-order valence-corrected chi connectivity index (χ0v) is 14.5. The molecule has 2 aliphatic heterocycles. The van der Waals surface area contributed by atoms with Crippen molar-refractivity contribution in [3.8, 4) is 5.75 Å². The van der Waals surface area contributed by atoms with Gasteiger partial charge in [0.2, 0.25) is 6.29 Å². The standard InChI is InChI=1S/C19H19FN2O2S/c20-16-9-14-11-23-18(13-5-2-1-3-6-13)24-17(14)15(10-16)12-25-19-21-7-4-8-22-19/h1-3,5-6,9-10,18H,4,7-8,11-12H2,(H,21,22)/t18-/m1/s1. The second-order valence-electron chi connectivity index (χ2n) is 5.98. The van der Waals surface area contributed by atoms with E-state index in [0.717, 1.165) is 47.1 Å². The number of fused-ring (bicyclic) bond motifs is 1. The number of halogens is 1. The van der Waals surface area contributed by atoms with E-state index >= 15 is 0 Å². The highest BCUT2D eigenvalue weighted by Gasteiger charge is 2.25. The monoisotopic (exact) mass is 358 g/mol. The molecule has 4 rings (SSSR count). The minimum atomic E-state index is -0.465. The van der Waals surface area contributed by atoms with Crippen LogP contribution in [0.2, 0.25) is 0 Å². The fourth-order valence-electron chi connectivity index (χ4n) is 2.91. The SMILES string of the molecule is Fc1cc2c(c(CSC3=NCCCN3)c1)O[C@H](c1ccccc1)OC2. The Labute approximate surface area is 150 Å². The topological polar surface area (TPSA) is 42.9 Å². The molecule has 130 valence electrons. The maximum Gasteiger partial charge on any atom is 0.227 e. The number of thioether (sulfide) groups is 1. The molecule has 0 amide bonds. The van der Waals surface area contributed by atoms with Crippen molar-refractivity contribution in [2.75, 3.05) is 13.1 Å². The summed E-state index contributed by atoms with van der Waals surface area (Å²) in [6.07, 6.45) is 0.589. The lowest BCUT2D eigenvalue weighted by atomic mass is 10.1. The van der Waals surface area contributed by atoms with E-state index in [1.54, 1.807) is 17.8 Å². The van der Waals surface area contributed by atoms with Crippen LogP contribution in [0.15, 0.2) is 47.5 Å². The molecule has 6 heteroatoms. The van der Waals surface area contributed by atoms with Crippen LogP contribution in [-0.2, 0) is 17.1 Å². The quantitative estimate of drug-likeness (QED) is 0.900. The van der Waals surface area contributed by atoms with Gasteiger partial charge in [-0.2, -0.15) is 0 Å². The molecule has 25 heavy (non-hydrogen) atoms. The first kappa shape index (κ1) is 16.4. The Bertz CT molecular complexity index is 782. The van der Waals surface area contributed by atoms with Crippen LogP contribution < -0.4 is 10.1 Å². The maximum absolute atomic E-state index is 14.0. The van der Waals surface area contributed by atoms with E-state index in [1.807, 2.05) is 30.3 Å². The molecule has 0 fully saturated rings. The Morgan fingerprint density at radius 3 is 2.92 bits per heavy atom. The average molecular weight is 358 g/mol. The highest BCUT2D eigenvalue weighted by atomic mass is 32.2. The number of hydrogen-bond donors (Lipinski definition) is 1. The van der Waals surface area contributed by atoms with Crippen LogP contribution in [0.25, 0.3) is 0 Å². The number of aliphatic imine (C=N–C) groups is 1. The summed E-state index contributed by atoms with van der Waals surface area (Å²) in [6, 6.07) is 12.8. The lowest BCUT2D eigenvalue weighted by Crippen LogP contribution is -2.27. The molecule has 0 radical (unpaired) electrons. The van der Waals surface area contributed by atoms with Gasteiger partial charge in [-0.15, -0.1) is 0 Å². The molecular formula is C19H19FN2O2S. The average Bonchev–Trinajstić information content (AvgIpc) is 2.67. The van der Waals surface area contributed by atoms with Crippen molar-refractivity contribution in [1.82, 2.24) is 5.32 Å². The van der Waals surface area contributed by atoms with Gasteiger partial charge in [-0.3, -0.25) is 4.99 Å². The third-order valence-electron chi connectivity index (χ3n) is 4.13. The number of amidine groups is 1. The van der Waals surface area contributed by atoms with Gasteiger partial charge >= 0.3 is 0 Å². The van der Waals surface area contributed by atoms with Crippen LogP contribution in [0.3, 0.4) is 0 Å². The van der Waals surface area contributed by atoms with Crippen LogP contribution in [0.5, 0.6) is 5.75 Å². The van der Waals surface area contributed by atoms with Crippen molar-refractivity contribution in [3.05, 3.63) is 65.0 Å². The molecule has 2 aliphatic rings. The van der Waals surface area contributed by atoms with E-state index in [2.05, 4.69) is 10.3 Å². The summed E-state index contributed by atoms with van der Waals surface area (Å²) in [6.45, 7) is 2.12. The number of rotatable bonds is 3. The highest BCUT2D eigenvalue weighted by molar-refractivity contribution is 8.13. The second-order valence-corrected chi connectivity index (χ2v) is 6.94. The van der Waals surface area contributed by atoms with Gasteiger partial charge in [-0.25, -0.2) is 4.39 Å². The van der Waals surface area contributed by atoms with Crippen LogP contribution in [0.4, 0.5) is 4.39 Å². The van der Waals surface area contributed by atoms with Crippen molar-refractivity contribution in [2.24, 2.45) is 4.99 Å². The summed E-state index contributed by atoms with van der Waals surface area (Å²) in [7, 11) is 0. The molecule has 0 unspecified atom stereocenters. The zero-order chi connectivity index (χ0) is 17.1. The molecule has 0 bridgehead atoms. The van der Waals surface area contributed by atoms with Gasteiger partial charge in [0, 0.05) is 35.5 Å². The molecule has 2 heterocycles. The summed E-state index contributed by atoms with van der Waals surface area (Å²) in [5.41, 5.74) is 2.54. The minimum Gasteiger partial charge on any atom is -0.460 e. The first-order valence-corrected chi connectivity index (χ1v) is 9.34. The summed E-state index contributed by atoms with van der Waals surface area (Å²) >= 11 is 1.58. The van der Waals surface area contributed by atoms with Gasteiger partial charge in [-0.1, -0.05) is 42.1 Å². The Morgan fingerprint density at radius 1 is 1.24 bits per heavy atom. The van der Waals surface area contributed by atoms with Gasteiger partial charge in [0.15, 0.2) is 5.17 Å². The van der Waals surface area contributed by atoms with E-state index in [9.17, 15) is 4.39 Å². The Kier molecular flexibility index (Phi) is 4.90. The van der Waals surface area contributed by atoms with Crippen LogP contribution in [0, 0.1) is 5.82 Å². The number of benzene rings is 2. The van der Waals surface area contributed by atoms with Gasteiger partial charge in [-0.05, 0) is 18.6 Å². The molecular weight excluding hydrogens is 339 g/mol. The van der Waals surface area contributed by atoms with E-state index in [1.165, 1.54) is 6.07 Å². The Hall–Kier alpha value is -2.05. The lowest BCUT2D eigenvalue weighted by molar-refractivity contribution is -0.112. The van der Waals surface area contributed by atoms with Crippen LogP contribution in [0.1, 0.15) is 29.4 Å². The van der Waals surface area contributed by atoms with Crippen molar-refractivity contribution < 1.29 is 13.9 Å². The van der Waals surface area contributed by atoms with Crippen LogP contribution in [-0.4, -0.2) is 18.3 Å². The third kappa shape index (κ3) is 3.80. The first-order chi connectivity index (χ1) is 12.3. The van der Waals surface area contributed by atoms with Gasteiger partial charge in [0.25, 0.3) is 0 Å². The number of hydrogen-bond acceptors (Lipinski definition) is 5. The molecule has 2 aromatic carbocycles. The van der Waals surface area contributed by atoms with Crippen molar-refractivity contribution in [1.29, 1.82) is 0 Å². The fraction of sp³-hybridized carbons (Fsp3) is 0.316. The van der Waals surface area contributed by atoms with Crippen molar-refractivity contribution >= 4 is 16.9 Å². The third-order valence-corrected chi connectivity index (χ3v) is 5.13. The van der Waals surface area contributed by atoms with Crippen molar-refractivity contribution in [3.63, 3.8) is 0 Å². The molecule has 0 spiro atoms. The molecule has 0 saturated carbocycles. The van der Waals surface area contributed by atoms with Gasteiger partial charge in [0.05, 0.1) is 6.61 Å². The van der Waals surface area contributed by atoms with Gasteiger partial charge < -0.3 is 14.8 Å². The summed E-state index contributed by atoms with van der Waals surface area (Å²) < 4.78 is 25.8. The number of nitrogens with one attached hydrogen (secondary N) is 1. The van der Waals surface area contributed by atoms with E-state index in [-0.39, 0.29) is 5.82 Å². The predicted molar refractivity (Wildman–Crippen MR) is 97.2 cm³/mol. The van der Waals surface area contributed by atoms with Gasteiger partial charge in [0.1, 0.15) is 11.6 Å². The molecule has 4 nitrogen and oxygen atoms in total. The Balaban J connectivity index is 1.56. The zero-order valence-electron chi connectivity index (χ0n) is 13.7. The second kappa shape index (κ2) is 7.45. The number of ether oxygens (including phenoxy) is 2. The smallest absolute Gasteiger partial charge is 0.227 e.